The average Bonchev–Trinajstić information content (AvgIpc) is 3.55. The van der Waals surface area contributed by atoms with Crippen LogP contribution in [0.4, 0.5) is 5.69 Å². The van der Waals surface area contributed by atoms with Crippen molar-refractivity contribution in [2.45, 2.75) is 63.4 Å². The van der Waals surface area contributed by atoms with Gasteiger partial charge in [-0.05, 0) is 62.3 Å². The van der Waals surface area contributed by atoms with E-state index in [-0.39, 0.29) is 12.0 Å². The molecule has 2 aromatic carbocycles. The van der Waals surface area contributed by atoms with Gasteiger partial charge in [-0.1, -0.05) is 30.3 Å². The van der Waals surface area contributed by atoms with Crippen LogP contribution in [0.3, 0.4) is 0 Å². The number of hydrogen-bond acceptors (Lipinski definition) is 5. The smallest absolute Gasteiger partial charge is 0.275 e. The van der Waals surface area contributed by atoms with E-state index >= 15 is 0 Å². The normalized spacial score (nSPS) is 28.6. The van der Waals surface area contributed by atoms with E-state index in [4.69, 9.17) is 9.84 Å². The van der Waals surface area contributed by atoms with Gasteiger partial charge in [0.1, 0.15) is 0 Å². The minimum Gasteiger partial charge on any atom is -0.372 e. The number of fused-ring (bicyclic) bond motifs is 1. The summed E-state index contributed by atoms with van der Waals surface area (Å²) < 4.78 is 8.20. The highest BCUT2D eigenvalue weighted by Gasteiger charge is 2.64. The maximum Gasteiger partial charge on any atom is 0.275 e. The van der Waals surface area contributed by atoms with Gasteiger partial charge in [0.15, 0.2) is 5.69 Å². The second-order valence-electron chi connectivity index (χ2n) is 11.4. The SMILES string of the molecule is CCn1nc(C(=O)N(C)[C@@H]2CN3CCC34CC[C@H]24)c2ccc(N3CCC(OCc4ccccc4)C3)cc21. The second kappa shape index (κ2) is 8.84. The molecule has 7 nitrogen and oxygen atoms in total. The fraction of sp³-hybridized carbons (Fsp3) is 0.533. The van der Waals surface area contributed by atoms with Gasteiger partial charge in [0, 0.05) is 62.4 Å². The van der Waals surface area contributed by atoms with Crippen LogP contribution in [0.5, 0.6) is 0 Å². The van der Waals surface area contributed by atoms with Crippen LogP contribution in [0, 0.1) is 5.92 Å². The van der Waals surface area contributed by atoms with E-state index in [0.29, 0.717) is 29.8 Å². The summed E-state index contributed by atoms with van der Waals surface area (Å²) in [5.74, 6) is 0.698. The number of aromatic nitrogens is 2. The van der Waals surface area contributed by atoms with E-state index in [1.54, 1.807) is 0 Å². The van der Waals surface area contributed by atoms with Crippen molar-refractivity contribution in [3.63, 3.8) is 0 Å². The maximum absolute atomic E-state index is 13.8. The molecule has 0 radical (unpaired) electrons. The zero-order chi connectivity index (χ0) is 25.1. The van der Waals surface area contributed by atoms with Crippen LogP contribution in [0.2, 0.25) is 0 Å². The van der Waals surface area contributed by atoms with Crippen LogP contribution >= 0.6 is 0 Å². The number of aryl methyl sites for hydroxylation is 1. The van der Waals surface area contributed by atoms with Gasteiger partial charge < -0.3 is 14.5 Å². The van der Waals surface area contributed by atoms with Crippen molar-refractivity contribution >= 4 is 22.5 Å². The first-order valence-electron chi connectivity index (χ1n) is 14.0. The van der Waals surface area contributed by atoms with Gasteiger partial charge in [-0.25, -0.2) is 0 Å². The number of amides is 1. The predicted molar refractivity (Wildman–Crippen MR) is 145 cm³/mol. The Balaban J connectivity index is 1.08. The molecule has 1 saturated carbocycles. The Morgan fingerprint density at radius 2 is 1.97 bits per heavy atom. The molecule has 1 aromatic heterocycles. The summed E-state index contributed by atoms with van der Waals surface area (Å²) in [6, 6.07) is 17.2. The number of carbonyl (C=O) groups excluding carboxylic acids is 1. The highest BCUT2D eigenvalue weighted by atomic mass is 16.5. The Morgan fingerprint density at radius 3 is 2.68 bits per heavy atom. The maximum atomic E-state index is 13.8. The lowest BCUT2D eigenvalue weighted by atomic mass is 9.61. The number of ether oxygens (including phenoxy) is 1. The van der Waals surface area contributed by atoms with Gasteiger partial charge in [0.25, 0.3) is 5.91 Å². The summed E-state index contributed by atoms with van der Waals surface area (Å²) >= 11 is 0. The third-order valence-corrected chi connectivity index (χ3v) is 9.79. The first-order chi connectivity index (χ1) is 18.1. The molecule has 3 saturated heterocycles. The van der Waals surface area contributed by atoms with Gasteiger partial charge >= 0.3 is 0 Å². The average molecular weight is 500 g/mol. The van der Waals surface area contributed by atoms with Gasteiger partial charge in [0.2, 0.25) is 0 Å². The summed E-state index contributed by atoms with van der Waals surface area (Å²) in [7, 11) is 2.00. The molecule has 2 unspecified atom stereocenters. The summed E-state index contributed by atoms with van der Waals surface area (Å²) in [5, 5.41) is 5.79. The van der Waals surface area contributed by atoms with Crippen molar-refractivity contribution in [1.82, 2.24) is 19.6 Å². The number of carbonyl (C=O) groups is 1. The lowest BCUT2D eigenvalue weighted by molar-refractivity contribution is -0.0703. The van der Waals surface area contributed by atoms with E-state index in [2.05, 4.69) is 59.2 Å². The van der Waals surface area contributed by atoms with E-state index in [0.717, 1.165) is 43.5 Å². The van der Waals surface area contributed by atoms with Gasteiger partial charge in [0.05, 0.1) is 18.2 Å². The lowest BCUT2D eigenvalue weighted by Gasteiger charge is -2.58. The third-order valence-electron chi connectivity index (χ3n) is 9.79. The summed E-state index contributed by atoms with van der Waals surface area (Å²) in [5.41, 5.74) is 4.44. The fourth-order valence-corrected chi connectivity index (χ4v) is 7.44. The van der Waals surface area contributed by atoms with Crippen LogP contribution in [0.15, 0.2) is 48.5 Å². The molecule has 4 atom stereocenters. The van der Waals surface area contributed by atoms with Crippen molar-refractivity contribution in [3.05, 3.63) is 59.8 Å². The molecule has 3 aromatic rings. The number of hydrogen-bond donors (Lipinski definition) is 0. The molecule has 37 heavy (non-hydrogen) atoms. The number of benzene rings is 2. The molecule has 4 aliphatic rings. The Hall–Kier alpha value is -2.90. The standard InChI is InChI=1S/C30H37N5O2/c1-3-35-26-17-22(33-15-12-23(18-33)37-20-21-7-5-4-6-8-21)9-10-24(26)28(31-35)29(36)32(2)27-19-34-16-14-30(34)13-11-25(27)30/h4-10,17,23,25,27H,3,11-16,18-20H2,1-2H3/t23?,25-,27-,30?/m1/s1. The zero-order valence-corrected chi connectivity index (χ0v) is 22.0. The minimum atomic E-state index is 0.0649. The van der Waals surface area contributed by atoms with Crippen LogP contribution in [-0.2, 0) is 17.9 Å². The van der Waals surface area contributed by atoms with Crippen molar-refractivity contribution in [2.24, 2.45) is 5.92 Å². The summed E-state index contributed by atoms with van der Waals surface area (Å²) in [6.45, 7) is 7.56. The highest BCUT2D eigenvalue weighted by molar-refractivity contribution is 6.05. The summed E-state index contributed by atoms with van der Waals surface area (Å²) in [4.78, 5) is 20.8. The Labute approximate surface area is 219 Å². The van der Waals surface area contributed by atoms with Crippen LogP contribution in [-0.4, -0.2) is 76.4 Å². The van der Waals surface area contributed by atoms with Crippen LogP contribution in [0.1, 0.15) is 48.7 Å². The molecule has 7 rings (SSSR count). The molecular formula is C30H37N5O2. The van der Waals surface area contributed by atoms with Gasteiger partial charge in [-0.3, -0.25) is 14.4 Å². The molecule has 0 bridgehead atoms. The topological polar surface area (TPSA) is 53.8 Å². The predicted octanol–water partition coefficient (Wildman–Crippen LogP) is 4.16. The van der Waals surface area contributed by atoms with Crippen molar-refractivity contribution in [3.8, 4) is 0 Å². The van der Waals surface area contributed by atoms with Crippen molar-refractivity contribution in [1.29, 1.82) is 0 Å². The third kappa shape index (κ3) is 3.62. The molecule has 0 N–H and O–H groups in total. The first-order valence-corrected chi connectivity index (χ1v) is 14.0. The van der Waals surface area contributed by atoms with Crippen LogP contribution < -0.4 is 4.90 Å². The first kappa shape index (κ1) is 23.2. The monoisotopic (exact) mass is 499 g/mol. The van der Waals surface area contributed by atoms with Crippen LogP contribution in [0.25, 0.3) is 10.9 Å². The zero-order valence-electron chi connectivity index (χ0n) is 22.0. The molecule has 194 valence electrons. The summed E-state index contributed by atoms with van der Waals surface area (Å²) in [6.07, 6.45) is 5.11. The minimum absolute atomic E-state index is 0.0649. The molecule has 3 aliphatic heterocycles. The highest BCUT2D eigenvalue weighted by Crippen LogP contribution is 2.58. The quantitative estimate of drug-likeness (QED) is 0.489. The molecule has 7 heteroatoms. The Bertz CT molecular complexity index is 1320. The van der Waals surface area contributed by atoms with Gasteiger partial charge in [-0.15, -0.1) is 0 Å². The van der Waals surface area contributed by atoms with Crippen molar-refractivity contribution in [2.75, 3.05) is 38.1 Å². The fourth-order valence-electron chi connectivity index (χ4n) is 7.44. The van der Waals surface area contributed by atoms with E-state index < -0.39 is 0 Å². The number of anilines is 1. The largest absolute Gasteiger partial charge is 0.372 e. The molecule has 1 amide bonds. The van der Waals surface area contributed by atoms with E-state index in [1.165, 1.54) is 37.1 Å². The molecule has 4 fully saturated rings. The Morgan fingerprint density at radius 1 is 1.11 bits per heavy atom. The van der Waals surface area contributed by atoms with E-state index in [1.807, 2.05) is 22.7 Å². The molecule has 1 spiro atoms. The van der Waals surface area contributed by atoms with Crippen molar-refractivity contribution < 1.29 is 9.53 Å². The number of likely N-dealkylation sites (N-methyl/N-ethyl adjacent to an activating group) is 1. The Kier molecular flexibility index (Phi) is 5.55. The van der Waals surface area contributed by atoms with Gasteiger partial charge in [-0.2, -0.15) is 5.10 Å². The molecule has 4 heterocycles. The van der Waals surface area contributed by atoms with E-state index in [9.17, 15) is 4.79 Å². The number of rotatable bonds is 7. The lowest BCUT2D eigenvalue weighted by Crippen LogP contribution is -2.64. The molecule has 1 aliphatic carbocycles. The molecular weight excluding hydrogens is 462 g/mol. The second-order valence-corrected chi connectivity index (χ2v) is 11.4. The number of nitrogens with zero attached hydrogens (tertiary/aromatic N) is 5.